The largest absolute Gasteiger partial charge is 0.497 e. The van der Waals surface area contributed by atoms with Gasteiger partial charge in [-0.3, -0.25) is 14.4 Å². The number of nitrogens with zero attached hydrogens (tertiary/aromatic N) is 3. The zero-order chi connectivity index (χ0) is 25.1. The van der Waals surface area contributed by atoms with Crippen molar-refractivity contribution in [2.24, 2.45) is 5.92 Å². The average molecular weight is 477 g/mol. The molecule has 1 atom stereocenters. The van der Waals surface area contributed by atoms with E-state index in [9.17, 15) is 14.4 Å². The lowest BCUT2D eigenvalue weighted by atomic mass is 10.1. The summed E-state index contributed by atoms with van der Waals surface area (Å²) in [5.41, 5.74) is 4.67. The molecule has 0 aliphatic carbocycles. The fraction of sp³-hybridized carbons (Fsp3) is 0.308. The lowest BCUT2D eigenvalue weighted by molar-refractivity contribution is -0.151. The van der Waals surface area contributed by atoms with Crippen molar-refractivity contribution in [3.63, 3.8) is 0 Å². The molecule has 35 heavy (non-hydrogen) atoms. The van der Waals surface area contributed by atoms with Crippen molar-refractivity contribution in [3.05, 3.63) is 65.5 Å². The number of nitrogens with one attached hydrogen (secondary N) is 1. The molecule has 1 fully saturated rings. The summed E-state index contributed by atoms with van der Waals surface area (Å²) in [5, 5.41) is 7.31. The Morgan fingerprint density at radius 2 is 1.83 bits per heavy atom. The Hall–Kier alpha value is -4.14. The molecule has 2 aromatic carbocycles. The van der Waals surface area contributed by atoms with E-state index in [0.29, 0.717) is 22.8 Å². The van der Waals surface area contributed by atoms with Gasteiger partial charge in [0.2, 0.25) is 5.91 Å². The van der Waals surface area contributed by atoms with Gasteiger partial charge in [0.25, 0.3) is 5.91 Å². The first-order valence-corrected chi connectivity index (χ1v) is 11.3. The van der Waals surface area contributed by atoms with Gasteiger partial charge < -0.3 is 19.7 Å². The van der Waals surface area contributed by atoms with Crippen LogP contribution in [0.4, 0.5) is 11.4 Å². The van der Waals surface area contributed by atoms with Crippen LogP contribution in [0.3, 0.4) is 0 Å². The average Bonchev–Trinajstić information content (AvgIpc) is 3.38. The molecule has 9 heteroatoms. The third kappa shape index (κ3) is 5.18. The van der Waals surface area contributed by atoms with Gasteiger partial charge in [0, 0.05) is 24.7 Å². The summed E-state index contributed by atoms with van der Waals surface area (Å²) >= 11 is 0. The van der Waals surface area contributed by atoms with Crippen LogP contribution >= 0.6 is 0 Å². The highest BCUT2D eigenvalue weighted by atomic mass is 16.5. The van der Waals surface area contributed by atoms with Gasteiger partial charge in [0.15, 0.2) is 6.61 Å². The van der Waals surface area contributed by atoms with Crippen LogP contribution in [0.2, 0.25) is 0 Å². The van der Waals surface area contributed by atoms with Crippen molar-refractivity contribution >= 4 is 29.2 Å². The van der Waals surface area contributed by atoms with Crippen LogP contribution in [0.25, 0.3) is 5.69 Å². The number of esters is 1. The molecule has 182 valence electrons. The predicted octanol–water partition coefficient (Wildman–Crippen LogP) is 3.34. The van der Waals surface area contributed by atoms with Crippen LogP contribution in [-0.4, -0.2) is 47.8 Å². The second-order valence-electron chi connectivity index (χ2n) is 8.56. The third-order valence-electron chi connectivity index (χ3n) is 6.00. The first kappa shape index (κ1) is 24.0. The third-order valence-corrected chi connectivity index (χ3v) is 6.00. The molecule has 0 radical (unpaired) electrons. The minimum atomic E-state index is -0.644. The van der Waals surface area contributed by atoms with Crippen molar-refractivity contribution in [2.75, 3.05) is 30.5 Å². The predicted molar refractivity (Wildman–Crippen MR) is 131 cm³/mol. The number of hydrogen-bond acceptors (Lipinski definition) is 6. The van der Waals surface area contributed by atoms with Gasteiger partial charge >= 0.3 is 5.97 Å². The SMILES string of the molecule is COc1cccc(N2CC(C(=O)OCC(=O)Nc3c(C)nn(-c4ccc(C)cc4)c3C)CC2=O)c1. The van der Waals surface area contributed by atoms with Crippen molar-refractivity contribution < 1.29 is 23.9 Å². The summed E-state index contributed by atoms with van der Waals surface area (Å²) in [5.74, 6) is -1.26. The van der Waals surface area contributed by atoms with E-state index in [1.54, 1.807) is 43.0 Å². The fourth-order valence-corrected chi connectivity index (χ4v) is 4.08. The molecule has 0 spiro atoms. The number of carbonyl (C=O) groups excluding carboxylic acids is 3. The highest BCUT2D eigenvalue weighted by molar-refractivity contribution is 6.00. The number of aromatic nitrogens is 2. The molecule has 0 bridgehead atoms. The molecule has 1 aliphatic heterocycles. The Bertz CT molecular complexity index is 1270. The van der Waals surface area contributed by atoms with Crippen molar-refractivity contribution in [3.8, 4) is 11.4 Å². The van der Waals surface area contributed by atoms with Crippen molar-refractivity contribution in [1.82, 2.24) is 9.78 Å². The molecular weight excluding hydrogens is 448 g/mol. The molecule has 1 aliphatic rings. The van der Waals surface area contributed by atoms with Gasteiger partial charge in [0.1, 0.15) is 5.75 Å². The number of methoxy groups -OCH3 is 1. The zero-order valence-electron chi connectivity index (χ0n) is 20.2. The number of ether oxygens (including phenoxy) is 2. The monoisotopic (exact) mass is 476 g/mol. The molecule has 1 aromatic heterocycles. The summed E-state index contributed by atoms with van der Waals surface area (Å²) in [6.07, 6.45) is 0.0270. The van der Waals surface area contributed by atoms with Gasteiger partial charge in [-0.1, -0.05) is 23.8 Å². The molecule has 2 heterocycles. The van der Waals surface area contributed by atoms with Crippen LogP contribution in [0, 0.1) is 26.7 Å². The van der Waals surface area contributed by atoms with Gasteiger partial charge in [-0.2, -0.15) is 5.10 Å². The summed E-state index contributed by atoms with van der Waals surface area (Å²) < 4.78 is 12.2. The molecule has 2 amide bonds. The molecule has 1 unspecified atom stereocenters. The smallest absolute Gasteiger partial charge is 0.311 e. The van der Waals surface area contributed by atoms with Crippen LogP contribution < -0.4 is 15.0 Å². The Morgan fingerprint density at radius 3 is 2.54 bits per heavy atom. The minimum absolute atomic E-state index is 0.0270. The van der Waals surface area contributed by atoms with E-state index in [-0.39, 0.29) is 18.9 Å². The number of amides is 2. The Labute approximate surface area is 203 Å². The van der Waals surface area contributed by atoms with Gasteiger partial charge in [-0.15, -0.1) is 0 Å². The Balaban J connectivity index is 1.35. The maximum Gasteiger partial charge on any atom is 0.311 e. The van der Waals surface area contributed by atoms with E-state index in [0.717, 1.165) is 16.9 Å². The quantitative estimate of drug-likeness (QED) is 0.525. The van der Waals surface area contributed by atoms with Crippen LogP contribution in [-0.2, 0) is 19.1 Å². The summed E-state index contributed by atoms with van der Waals surface area (Å²) in [7, 11) is 1.55. The van der Waals surface area contributed by atoms with Crippen LogP contribution in [0.5, 0.6) is 5.75 Å². The number of rotatable bonds is 7. The first-order valence-electron chi connectivity index (χ1n) is 11.3. The molecule has 4 rings (SSSR count). The van der Waals surface area contributed by atoms with E-state index in [2.05, 4.69) is 10.4 Å². The summed E-state index contributed by atoms with van der Waals surface area (Å²) in [6.45, 7) is 5.41. The lowest BCUT2D eigenvalue weighted by Gasteiger charge is -2.17. The normalized spacial score (nSPS) is 15.3. The summed E-state index contributed by atoms with van der Waals surface area (Å²) in [6, 6.07) is 15.0. The second-order valence-corrected chi connectivity index (χ2v) is 8.56. The first-order chi connectivity index (χ1) is 16.8. The fourth-order valence-electron chi connectivity index (χ4n) is 4.08. The van der Waals surface area contributed by atoms with Crippen molar-refractivity contribution in [2.45, 2.75) is 27.2 Å². The van der Waals surface area contributed by atoms with E-state index >= 15 is 0 Å². The van der Waals surface area contributed by atoms with Gasteiger partial charge in [0.05, 0.1) is 35.8 Å². The van der Waals surface area contributed by atoms with Crippen LogP contribution in [0.15, 0.2) is 48.5 Å². The Kier molecular flexibility index (Phi) is 6.86. The summed E-state index contributed by atoms with van der Waals surface area (Å²) in [4.78, 5) is 39.1. The topological polar surface area (TPSA) is 103 Å². The second kappa shape index (κ2) is 10.0. The molecule has 3 aromatic rings. The molecule has 1 N–H and O–H groups in total. The minimum Gasteiger partial charge on any atom is -0.497 e. The highest BCUT2D eigenvalue weighted by Crippen LogP contribution is 2.28. The van der Waals surface area contributed by atoms with Crippen LogP contribution in [0.1, 0.15) is 23.4 Å². The number of carbonyl (C=O) groups is 3. The maximum absolute atomic E-state index is 12.6. The van der Waals surface area contributed by atoms with E-state index in [4.69, 9.17) is 9.47 Å². The van der Waals surface area contributed by atoms with E-state index in [1.807, 2.05) is 38.1 Å². The maximum atomic E-state index is 12.6. The molecule has 1 saturated heterocycles. The number of anilines is 2. The number of benzene rings is 2. The number of hydrogen-bond donors (Lipinski definition) is 1. The van der Waals surface area contributed by atoms with Gasteiger partial charge in [-0.05, 0) is 45.0 Å². The van der Waals surface area contributed by atoms with E-state index in [1.165, 1.54) is 4.90 Å². The van der Waals surface area contributed by atoms with E-state index < -0.39 is 24.4 Å². The molecule has 9 nitrogen and oxygen atoms in total. The number of aryl methyl sites for hydroxylation is 2. The van der Waals surface area contributed by atoms with Crippen molar-refractivity contribution in [1.29, 1.82) is 0 Å². The zero-order valence-corrected chi connectivity index (χ0v) is 20.2. The molecule has 0 saturated carbocycles. The standard InChI is InChI=1S/C26H28N4O5/c1-16-8-10-20(11-9-16)30-18(3)25(17(2)28-30)27-23(31)15-35-26(33)19-12-24(32)29(14-19)21-6-5-7-22(13-21)34-4/h5-11,13,19H,12,14-15H2,1-4H3,(H,27,31). The molecular formula is C26H28N4O5. The highest BCUT2D eigenvalue weighted by Gasteiger charge is 2.36. The van der Waals surface area contributed by atoms with Gasteiger partial charge in [-0.25, -0.2) is 4.68 Å². The Morgan fingerprint density at radius 1 is 1.09 bits per heavy atom. The lowest BCUT2D eigenvalue weighted by Crippen LogP contribution is -2.28.